The van der Waals surface area contributed by atoms with Crippen molar-refractivity contribution in [3.8, 4) is 5.75 Å². The Balaban J connectivity index is 1.78. The van der Waals surface area contributed by atoms with E-state index in [1.54, 1.807) is 6.07 Å². The molecule has 2 aliphatic rings. The molecule has 8 heteroatoms. The number of aromatic nitrogens is 1. The topological polar surface area (TPSA) is 74.6 Å². The first-order valence-corrected chi connectivity index (χ1v) is 10.0. The van der Waals surface area contributed by atoms with Gasteiger partial charge in [-0.05, 0) is 22.8 Å². The van der Waals surface area contributed by atoms with Gasteiger partial charge < -0.3 is 10.4 Å². The van der Waals surface area contributed by atoms with Crippen molar-refractivity contribution in [1.82, 2.24) is 9.99 Å². The Bertz CT molecular complexity index is 1210. The van der Waals surface area contributed by atoms with Crippen LogP contribution in [0.5, 0.6) is 5.75 Å². The summed E-state index contributed by atoms with van der Waals surface area (Å²) in [5, 5.41) is 14.8. The zero-order chi connectivity index (χ0) is 20.1. The van der Waals surface area contributed by atoms with Crippen LogP contribution < -0.4 is 15.8 Å². The summed E-state index contributed by atoms with van der Waals surface area (Å²) in [5.74, 6) is -0.824. The first-order valence-electron chi connectivity index (χ1n) is 9.05. The predicted octanol–water partition coefficient (Wildman–Crippen LogP) is 2.73. The van der Waals surface area contributed by atoms with Gasteiger partial charge in [0.25, 0.3) is 5.91 Å². The Labute approximate surface area is 169 Å². The van der Waals surface area contributed by atoms with E-state index in [1.165, 1.54) is 34.8 Å². The molecule has 0 spiro atoms. The van der Waals surface area contributed by atoms with Gasteiger partial charge in [-0.2, -0.15) is 0 Å². The highest BCUT2D eigenvalue weighted by atomic mass is 32.2. The highest BCUT2D eigenvalue weighted by Crippen LogP contribution is 2.43. The number of carbonyl (C=O) groups is 1. The molecular formula is C21H16FN3O3S. The highest BCUT2D eigenvalue weighted by molar-refractivity contribution is 7.98. The number of pyridine rings is 1. The van der Waals surface area contributed by atoms with E-state index < -0.39 is 23.1 Å². The molecule has 5 rings (SSSR count). The van der Waals surface area contributed by atoms with Gasteiger partial charge in [0, 0.05) is 22.9 Å². The number of hydrogen-bond donors (Lipinski definition) is 2. The van der Waals surface area contributed by atoms with Crippen LogP contribution in [0, 0.1) is 5.82 Å². The van der Waals surface area contributed by atoms with Crippen LogP contribution in [0.1, 0.15) is 33.2 Å². The fraction of sp³-hybridized carbons (Fsp3) is 0.143. The summed E-state index contributed by atoms with van der Waals surface area (Å²) in [6.45, 7) is 0.133. The molecule has 29 heavy (non-hydrogen) atoms. The van der Waals surface area contributed by atoms with Crippen LogP contribution in [0.3, 0.4) is 0 Å². The lowest BCUT2D eigenvalue weighted by molar-refractivity contribution is 0.0915. The Morgan fingerprint density at radius 2 is 1.86 bits per heavy atom. The Morgan fingerprint density at radius 3 is 2.72 bits per heavy atom. The van der Waals surface area contributed by atoms with Gasteiger partial charge in [-0.1, -0.05) is 36.4 Å². The third-order valence-corrected chi connectivity index (χ3v) is 6.43. The summed E-state index contributed by atoms with van der Waals surface area (Å²) < 4.78 is 16.2. The average molecular weight is 409 g/mol. The normalized spacial score (nSPS) is 17.6. The largest absolute Gasteiger partial charge is 0.502 e. The molecule has 3 aromatic rings. The maximum atomic E-state index is 14.7. The van der Waals surface area contributed by atoms with Gasteiger partial charge in [0.1, 0.15) is 12.5 Å². The number of hydrogen-bond acceptors (Lipinski definition) is 5. The third kappa shape index (κ3) is 2.71. The van der Waals surface area contributed by atoms with E-state index in [1.807, 2.05) is 35.3 Å². The lowest BCUT2D eigenvalue weighted by atomic mass is 9.94. The highest BCUT2D eigenvalue weighted by Gasteiger charge is 2.35. The van der Waals surface area contributed by atoms with Crippen LogP contribution in [0.2, 0.25) is 0 Å². The molecule has 0 fully saturated rings. The zero-order valence-electron chi connectivity index (χ0n) is 15.1. The Morgan fingerprint density at radius 1 is 1.07 bits per heavy atom. The van der Waals surface area contributed by atoms with Crippen LogP contribution in [-0.4, -0.2) is 22.4 Å². The fourth-order valence-corrected chi connectivity index (χ4v) is 5.05. The van der Waals surface area contributed by atoms with Gasteiger partial charge in [0.15, 0.2) is 11.4 Å². The summed E-state index contributed by atoms with van der Waals surface area (Å²) in [5.41, 5.74) is 2.04. The summed E-state index contributed by atoms with van der Waals surface area (Å²) in [4.78, 5) is 24.8. The van der Waals surface area contributed by atoms with Gasteiger partial charge >= 0.3 is 0 Å². The number of amides is 1. The number of fused-ring (bicyclic) bond motifs is 3. The zero-order valence-corrected chi connectivity index (χ0v) is 15.9. The number of aromatic hydroxyl groups is 1. The van der Waals surface area contributed by atoms with Crippen molar-refractivity contribution < 1.29 is 14.3 Å². The second-order valence-electron chi connectivity index (χ2n) is 6.87. The minimum absolute atomic E-state index is 0.129. The van der Waals surface area contributed by atoms with Gasteiger partial charge in [0.05, 0.1) is 6.04 Å². The molecule has 0 aliphatic carbocycles. The summed E-state index contributed by atoms with van der Waals surface area (Å²) in [7, 11) is 0. The van der Waals surface area contributed by atoms with E-state index in [0.29, 0.717) is 10.6 Å². The molecule has 1 atom stereocenters. The minimum Gasteiger partial charge on any atom is -0.502 e. The van der Waals surface area contributed by atoms with Crippen LogP contribution >= 0.6 is 11.8 Å². The fourth-order valence-electron chi connectivity index (χ4n) is 3.94. The van der Waals surface area contributed by atoms with Gasteiger partial charge in [-0.25, -0.2) is 4.39 Å². The van der Waals surface area contributed by atoms with Gasteiger partial charge in [-0.3, -0.25) is 19.3 Å². The maximum Gasteiger partial charge on any atom is 0.275 e. The van der Waals surface area contributed by atoms with E-state index in [0.717, 1.165) is 16.7 Å². The number of thioether (sulfide) groups is 1. The second kappa shape index (κ2) is 6.66. The lowest BCUT2D eigenvalue weighted by Crippen LogP contribution is -2.53. The molecule has 2 aromatic carbocycles. The molecule has 0 bridgehead atoms. The first kappa shape index (κ1) is 17.8. The maximum absolute atomic E-state index is 14.7. The van der Waals surface area contributed by atoms with E-state index in [-0.39, 0.29) is 18.2 Å². The van der Waals surface area contributed by atoms with Crippen LogP contribution in [0.25, 0.3) is 0 Å². The molecule has 0 unspecified atom stereocenters. The number of carbonyl (C=O) groups excluding carboxylic acids is 1. The number of halogens is 1. The molecule has 2 N–H and O–H groups in total. The molecule has 1 amide bonds. The van der Waals surface area contributed by atoms with Crippen molar-refractivity contribution in [3.63, 3.8) is 0 Å². The summed E-state index contributed by atoms with van der Waals surface area (Å²) in [6.07, 6.45) is 1.47. The van der Waals surface area contributed by atoms with E-state index >= 15 is 0 Å². The lowest BCUT2D eigenvalue weighted by Gasteiger charge is -2.40. The molecule has 0 saturated heterocycles. The quantitative estimate of drug-likeness (QED) is 0.647. The van der Waals surface area contributed by atoms with Crippen molar-refractivity contribution in [3.05, 3.63) is 93.2 Å². The van der Waals surface area contributed by atoms with E-state index in [9.17, 15) is 19.1 Å². The molecule has 1 aromatic heterocycles. The van der Waals surface area contributed by atoms with E-state index in [4.69, 9.17) is 0 Å². The van der Waals surface area contributed by atoms with Gasteiger partial charge in [-0.15, -0.1) is 11.8 Å². The molecular weight excluding hydrogens is 393 g/mol. The summed E-state index contributed by atoms with van der Waals surface area (Å²) in [6, 6.07) is 13.6. The van der Waals surface area contributed by atoms with E-state index in [2.05, 4.69) is 5.32 Å². The Kier molecular flexibility index (Phi) is 4.09. The second-order valence-corrected chi connectivity index (χ2v) is 7.86. The van der Waals surface area contributed by atoms with Crippen molar-refractivity contribution in [2.45, 2.75) is 16.7 Å². The van der Waals surface area contributed by atoms with Gasteiger partial charge in [0.2, 0.25) is 5.43 Å². The minimum atomic E-state index is -0.628. The first-order chi connectivity index (χ1) is 14.1. The van der Waals surface area contributed by atoms with Crippen molar-refractivity contribution >= 4 is 17.7 Å². The van der Waals surface area contributed by atoms with Crippen LogP contribution in [0.15, 0.2) is 64.4 Å². The van der Waals surface area contributed by atoms with Crippen LogP contribution in [-0.2, 0) is 5.75 Å². The van der Waals surface area contributed by atoms with Crippen molar-refractivity contribution in [2.75, 3.05) is 11.7 Å². The number of rotatable bonds is 1. The summed E-state index contributed by atoms with van der Waals surface area (Å²) >= 11 is 1.44. The molecule has 2 aliphatic heterocycles. The number of nitrogens with zero attached hydrogens (tertiary/aromatic N) is 2. The molecule has 146 valence electrons. The SMILES string of the molecule is O=C1NCN([C@@H]2c3ccccc3CSc3c(F)cccc32)n2ccc(=O)c(O)c21. The number of nitrogens with one attached hydrogen (secondary N) is 1. The van der Waals surface area contributed by atoms with Crippen molar-refractivity contribution in [2.24, 2.45) is 0 Å². The molecule has 0 radical (unpaired) electrons. The van der Waals surface area contributed by atoms with Crippen molar-refractivity contribution in [1.29, 1.82) is 0 Å². The third-order valence-electron chi connectivity index (χ3n) is 5.26. The van der Waals surface area contributed by atoms with Crippen LogP contribution in [0.4, 0.5) is 4.39 Å². The standard InChI is InChI=1S/C21H16FN3O3S/c22-15-7-3-6-14-17(13-5-2-1-4-12(13)10-29-20(14)15)25-11-23-21(28)18-19(27)16(26)8-9-24(18)25/h1-9,17,27H,10-11H2,(H,23,28)/t17-/m1/s1. The molecule has 0 saturated carbocycles. The molecule has 6 nitrogen and oxygen atoms in total. The monoisotopic (exact) mass is 409 g/mol. The molecule has 3 heterocycles. The Hall–Kier alpha value is -3.26. The predicted molar refractivity (Wildman–Crippen MR) is 107 cm³/mol. The average Bonchev–Trinajstić information content (AvgIpc) is 2.89. The number of benzene rings is 2. The smallest absolute Gasteiger partial charge is 0.275 e.